The molecule has 2 saturated heterocycles. The molecule has 0 aromatic carbocycles. The Morgan fingerprint density at radius 1 is 0.844 bits per heavy atom. The van der Waals surface area contributed by atoms with E-state index < -0.39 is 0 Å². The summed E-state index contributed by atoms with van der Waals surface area (Å²) in [5, 5.41) is 2.98. The van der Waals surface area contributed by atoms with Gasteiger partial charge in [0.25, 0.3) is 11.8 Å². The highest BCUT2D eigenvalue weighted by molar-refractivity contribution is 7.80. The molecule has 2 aliphatic rings. The van der Waals surface area contributed by atoms with Crippen LogP contribution in [0.1, 0.15) is 54.4 Å². The van der Waals surface area contributed by atoms with Crippen molar-refractivity contribution in [1.82, 2.24) is 15.1 Å². The normalized spacial score (nSPS) is 23.4. The van der Waals surface area contributed by atoms with Crippen LogP contribution in [-0.4, -0.2) is 47.7 Å². The molecular weight excluding hydrogens is 418 g/mol. The molecule has 0 bridgehead atoms. The van der Waals surface area contributed by atoms with Gasteiger partial charge < -0.3 is 15.1 Å². The Kier molecular flexibility index (Phi) is 8.18. The van der Waals surface area contributed by atoms with Crippen LogP contribution in [0, 0.1) is 0 Å². The molecular formula is C26H35N3O2S. The summed E-state index contributed by atoms with van der Waals surface area (Å²) in [7, 11) is 5.39. The molecule has 0 aromatic rings. The van der Waals surface area contributed by atoms with Crippen LogP contribution >= 0.6 is 12.2 Å². The fourth-order valence-corrected chi connectivity index (χ4v) is 4.20. The van der Waals surface area contributed by atoms with Crippen molar-refractivity contribution < 1.29 is 9.59 Å². The van der Waals surface area contributed by atoms with Gasteiger partial charge in [-0.05, 0) is 87.3 Å². The van der Waals surface area contributed by atoms with Crippen LogP contribution in [0.15, 0.2) is 68.6 Å². The van der Waals surface area contributed by atoms with Gasteiger partial charge >= 0.3 is 0 Å². The smallest absolute Gasteiger partial charge is 0.255 e. The van der Waals surface area contributed by atoms with Gasteiger partial charge in [0.1, 0.15) is 0 Å². The minimum Gasteiger partial charge on any atom is -0.394 e. The number of thiocarbonyl (C=S) groups is 1. The fourth-order valence-electron chi connectivity index (χ4n) is 3.98. The first kappa shape index (κ1) is 25.5. The van der Waals surface area contributed by atoms with Crippen molar-refractivity contribution in [2.24, 2.45) is 0 Å². The van der Waals surface area contributed by atoms with E-state index in [1.54, 1.807) is 11.9 Å². The first-order chi connectivity index (χ1) is 14.9. The number of amides is 2. The minimum absolute atomic E-state index is 0.0175. The second kappa shape index (κ2) is 10.3. The van der Waals surface area contributed by atoms with Gasteiger partial charge in [-0.2, -0.15) is 0 Å². The maximum Gasteiger partial charge on any atom is 0.255 e. The predicted molar refractivity (Wildman–Crippen MR) is 136 cm³/mol. The van der Waals surface area contributed by atoms with Gasteiger partial charge in [-0.15, -0.1) is 0 Å². The highest BCUT2D eigenvalue weighted by Gasteiger charge is 2.34. The minimum atomic E-state index is -0.0460. The summed E-state index contributed by atoms with van der Waals surface area (Å²) in [5.41, 5.74) is 8.78. The van der Waals surface area contributed by atoms with Gasteiger partial charge in [-0.25, -0.2) is 0 Å². The average molecular weight is 454 g/mol. The van der Waals surface area contributed by atoms with E-state index in [1.165, 1.54) is 4.90 Å². The molecule has 2 aliphatic heterocycles. The largest absolute Gasteiger partial charge is 0.394 e. The van der Waals surface area contributed by atoms with E-state index in [0.717, 1.165) is 50.3 Å². The Balaban J connectivity index is 2.49. The number of rotatable bonds is 5. The summed E-state index contributed by atoms with van der Waals surface area (Å²) in [6.07, 6.45) is 6.94. The highest BCUT2D eigenvalue weighted by Crippen LogP contribution is 2.37. The molecule has 0 spiro atoms. The van der Waals surface area contributed by atoms with E-state index in [2.05, 4.69) is 32.2 Å². The molecule has 5 nitrogen and oxygen atoms in total. The van der Waals surface area contributed by atoms with E-state index >= 15 is 0 Å². The number of carbonyl (C=O) groups is 2. The Hall–Kier alpha value is -2.73. The lowest BCUT2D eigenvalue weighted by Crippen LogP contribution is -2.23. The molecule has 2 heterocycles. The van der Waals surface area contributed by atoms with Crippen LogP contribution in [0.5, 0.6) is 0 Å². The fraction of sp³-hybridized carbons (Fsp3) is 0.423. The van der Waals surface area contributed by atoms with E-state index in [9.17, 15) is 9.59 Å². The molecule has 1 N–H and O–H groups in total. The number of likely N-dealkylation sites (tertiary alicyclic amines) is 2. The van der Waals surface area contributed by atoms with Crippen molar-refractivity contribution >= 4 is 29.0 Å². The molecule has 2 amide bonds. The third-order valence-electron chi connectivity index (χ3n) is 6.80. The molecule has 0 saturated carbocycles. The van der Waals surface area contributed by atoms with Crippen molar-refractivity contribution in [2.45, 2.75) is 54.4 Å². The summed E-state index contributed by atoms with van der Waals surface area (Å²) in [5.74, 6) is -0.0285. The van der Waals surface area contributed by atoms with Crippen LogP contribution in [0.4, 0.5) is 0 Å². The predicted octanol–water partition coefficient (Wildman–Crippen LogP) is 4.96. The summed E-state index contributed by atoms with van der Waals surface area (Å²) < 4.78 is 0. The maximum absolute atomic E-state index is 13.1. The van der Waals surface area contributed by atoms with Crippen molar-refractivity contribution in [3.63, 3.8) is 0 Å². The third kappa shape index (κ3) is 4.85. The van der Waals surface area contributed by atoms with Crippen LogP contribution in [0.3, 0.4) is 0 Å². The molecule has 0 atom stereocenters. The number of likely N-dealkylation sites (N-methyl/N-ethyl adjacent to an activating group) is 2. The molecule has 0 unspecified atom stereocenters. The standard InChI is InChI=1S/C26H35N3O2S/c1-15(11-10-12-27-7)16(2)17(3)18(4)21-13-23(28(8)25(21)30)20(6)19(5)22-14-24(32)29(9)26(22)31/h10-12,27H,13-14H2,1-9H3. The van der Waals surface area contributed by atoms with Gasteiger partial charge in [0, 0.05) is 50.8 Å². The molecule has 6 heteroatoms. The van der Waals surface area contributed by atoms with Crippen molar-refractivity contribution in [1.29, 1.82) is 0 Å². The molecule has 172 valence electrons. The maximum atomic E-state index is 13.1. The van der Waals surface area contributed by atoms with Gasteiger partial charge in [-0.3, -0.25) is 9.59 Å². The molecule has 2 fully saturated rings. The second-order valence-corrected chi connectivity index (χ2v) is 8.97. The van der Waals surface area contributed by atoms with Crippen molar-refractivity contribution in [3.05, 3.63) is 68.6 Å². The number of hydrogen-bond acceptors (Lipinski definition) is 4. The van der Waals surface area contributed by atoms with E-state index in [1.807, 2.05) is 47.1 Å². The number of carbonyl (C=O) groups excluding carboxylic acids is 2. The van der Waals surface area contributed by atoms with Crippen molar-refractivity contribution in [2.75, 3.05) is 21.1 Å². The topological polar surface area (TPSA) is 52.7 Å². The first-order valence-electron chi connectivity index (χ1n) is 10.8. The van der Waals surface area contributed by atoms with E-state index in [4.69, 9.17) is 12.2 Å². The Morgan fingerprint density at radius 2 is 1.41 bits per heavy atom. The highest BCUT2D eigenvalue weighted by atomic mass is 32.1. The van der Waals surface area contributed by atoms with E-state index in [0.29, 0.717) is 17.8 Å². The zero-order valence-electron chi connectivity index (χ0n) is 20.8. The third-order valence-corrected chi connectivity index (χ3v) is 7.22. The number of nitrogens with one attached hydrogen (secondary N) is 1. The first-order valence-corrected chi connectivity index (χ1v) is 11.2. The number of allylic oxidation sites excluding steroid dienone is 9. The quantitative estimate of drug-likeness (QED) is 0.363. The lowest BCUT2D eigenvalue weighted by molar-refractivity contribution is -0.123. The summed E-state index contributed by atoms with van der Waals surface area (Å²) in [4.78, 5) is 29.6. The van der Waals surface area contributed by atoms with Gasteiger partial charge in [-0.1, -0.05) is 18.3 Å². The van der Waals surface area contributed by atoms with Crippen LogP contribution in [0.2, 0.25) is 0 Å². The van der Waals surface area contributed by atoms with Crippen LogP contribution < -0.4 is 5.32 Å². The Bertz CT molecular complexity index is 1050. The molecule has 0 radical (unpaired) electrons. The van der Waals surface area contributed by atoms with Gasteiger partial charge in [0.15, 0.2) is 0 Å². The molecule has 32 heavy (non-hydrogen) atoms. The van der Waals surface area contributed by atoms with Crippen LogP contribution in [0.25, 0.3) is 0 Å². The second-order valence-electron chi connectivity index (χ2n) is 8.50. The zero-order chi connectivity index (χ0) is 24.3. The van der Waals surface area contributed by atoms with Gasteiger partial charge in [0.2, 0.25) is 0 Å². The lowest BCUT2D eigenvalue weighted by atomic mass is 9.93. The Morgan fingerprint density at radius 3 is 1.94 bits per heavy atom. The Labute approximate surface area is 197 Å². The number of hydrogen-bond donors (Lipinski definition) is 1. The summed E-state index contributed by atoms with van der Waals surface area (Å²) in [6.45, 7) is 12.2. The summed E-state index contributed by atoms with van der Waals surface area (Å²) >= 11 is 5.30. The molecule has 2 rings (SSSR count). The monoisotopic (exact) mass is 453 g/mol. The molecule has 0 aliphatic carbocycles. The SMILES string of the molecule is CNC=CC=C(C)C(C)=C(C)C(C)=C1CC(=C(C)C(C)=C2CC(=S)N(C)C2=O)N(C)C1=O. The van der Waals surface area contributed by atoms with Crippen LogP contribution in [-0.2, 0) is 9.59 Å². The van der Waals surface area contributed by atoms with Gasteiger partial charge in [0.05, 0.1) is 4.99 Å². The average Bonchev–Trinajstić information content (AvgIpc) is 3.21. The number of nitrogens with zero attached hydrogens (tertiary/aromatic N) is 2. The van der Waals surface area contributed by atoms with E-state index in [-0.39, 0.29) is 11.8 Å². The molecule has 0 aromatic heterocycles. The zero-order valence-corrected chi connectivity index (χ0v) is 21.6. The lowest BCUT2D eigenvalue weighted by Gasteiger charge is -2.16. The summed E-state index contributed by atoms with van der Waals surface area (Å²) in [6, 6.07) is 0. The van der Waals surface area contributed by atoms with Crippen molar-refractivity contribution in [3.8, 4) is 0 Å².